The van der Waals surface area contributed by atoms with Gasteiger partial charge in [-0.2, -0.15) is 0 Å². The molecular weight excluding hydrogens is 214 g/mol. The topological polar surface area (TPSA) is 44.4 Å². The van der Waals surface area contributed by atoms with Gasteiger partial charge in [-0.15, -0.1) is 0 Å². The number of likely N-dealkylation sites (tertiary alicyclic amines) is 1. The summed E-state index contributed by atoms with van der Waals surface area (Å²) in [6, 6.07) is 0.673. The number of carbonyl (C=O) groups is 1. The van der Waals surface area contributed by atoms with Crippen LogP contribution in [0.3, 0.4) is 0 Å². The molecule has 2 amide bonds. The van der Waals surface area contributed by atoms with E-state index in [0.717, 1.165) is 19.4 Å². The Morgan fingerprint density at radius 2 is 1.88 bits per heavy atom. The lowest BCUT2D eigenvalue weighted by Crippen LogP contribution is -2.48. The van der Waals surface area contributed by atoms with Gasteiger partial charge in [0.25, 0.3) is 0 Å². The van der Waals surface area contributed by atoms with Crippen molar-refractivity contribution in [3.05, 3.63) is 0 Å². The number of hydrogen-bond acceptors (Lipinski definition) is 2. The van der Waals surface area contributed by atoms with E-state index in [-0.39, 0.29) is 12.1 Å². The van der Waals surface area contributed by atoms with Crippen molar-refractivity contribution in [2.24, 2.45) is 0 Å². The molecule has 1 unspecified atom stereocenters. The molecule has 1 saturated carbocycles. The highest BCUT2D eigenvalue weighted by atomic mass is 16.2. The maximum atomic E-state index is 11.7. The van der Waals surface area contributed by atoms with Crippen molar-refractivity contribution in [2.45, 2.75) is 57.5 Å². The summed E-state index contributed by atoms with van der Waals surface area (Å²) in [4.78, 5) is 14.2. The second-order valence-electron chi connectivity index (χ2n) is 5.51. The summed E-state index contributed by atoms with van der Waals surface area (Å²) < 4.78 is 0. The molecule has 2 rings (SSSR count). The van der Waals surface area contributed by atoms with Crippen molar-refractivity contribution in [3.8, 4) is 0 Å². The summed E-state index contributed by atoms with van der Waals surface area (Å²) in [5.41, 5.74) is 0. The maximum absolute atomic E-state index is 11.7. The molecule has 0 spiro atoms. The zero-order valence-corrected chi connectivity index (χ0v) is 10.9. The number of rotatable bonds is 4. The Bertz CT molecular complexity index is 245. The van der Waals surface area contributed by atoms with E-state index in [0.29, 0.717) is 6.04 Å². The average Bonchev–Trinajstić information content (AvgIpc) is 2.90. The third-order valence-corrected chi connectivity index (χ3v) is 3.80. The van der Waals surface area contributed by atoms with Crippen molar-refractivity contribution >= 4 is 6.03 Å². The van der Waals surface area contributed by atoms with E-state index in [9.17, 15) is 4.79 Å². The average molecular weight is 239 g/mol. The monoisotopic (exact) mass is 239 g/mol. The van der Waals surface area contributed by atoms with Crippen molar-refractivity contribution < 1.29 is 4.79 Å². The van der Waals surface area contributed by atoms with Crippen LogP contribution in [0.15, 0.2) is 0 Å². The highest BCUT2D eigenvalue weighted by molar-refractivity contribution is 5.74. The first-order valence-corrected chi connectivity index (χ1v) is 7.03. The molecule has 2 aliphatic rings. The minimum Gasteiger partial charge on any atom is -0.335 e. The summed E-state index contributed by atoms with van der Waals surface area (Å²) in [7, 11) is 0. The fourth-order valence-electron chi connectivity index (χ4n) is 2.92. The van der Waals surface area contributed by atoms with Gasteiger partial charge < -0.3 is 15.5 Å². The van der Waals surface area contributed by atoms with E-state index in [1.165, 1.54) is 38.8 Å². The standard InChI is InChI=1S/C13H25N3O/c1-11(10-16-8-4-5-9-16)14-13(17)15-12-6-2-3-7-12/h11-12H,2-10H2,1H3,(H2,14,15,17). The van der Waals surface area contributed by atoms with Crippen LogP contribution in [0.4, 0.5) is 4.79 Å². The van der Waals surface area contributed by atoms with Gasteiger partial charge in [0, 0.05) is 18.6 Å². The van der Waals surface area contributed by atoms with Crippen molar-refractivity contribution in [2.75, 3.05) is 19.6 Å². The molecule has 98 valence electrons. The lowest BCUT2D eigenvalue weighted by molar-refractivity contribution is 0.227. The van der Waals surface area contributed by atoms with Crippen LogP contribution >= 0.6 is 0 Å². The Morgan fingerprint density at radius 3 is 2.53 bits per heavy atom. The van der Waals surface area contributed by atoms with Gasteiger partial charge in [0.15, 0.2) is 0 Å². The number of amides is 2. The minimum absolute atomic E-state index is 0.0172. The molecule has 4 nitrogen and oxygen atoms in total. The number of nitrogens with zero attached hydrogens (tertiary/aromatic N) is 1. The molecule has 1 heterocycles. The van der Waals surface area contributed by atoms with Gasteiger partial charge in [-0.3, -0.25) is 0 Å². The van der Waals surface area contributed by atoms with Gasteiger partial charge in [0.05, 0.1) is 0 Å². The van der Waals surface area contributed by atoms with E-state index in [4.69, 9.17) is 0 Å². The molecule has 0 radical (unpaired) electrons. The molecule has 2 fully saturated rings. The molecule has 0 aromatic carbocycles. The number of nitrogens with one attached hydrogen (secondary N) is 2. The Kier molecular flexibility index (Phi) is 4.66. The molecule has 0 aromatic rings. The van der Waals surface area contributed by atoms with Crippen molar-refractivity contribution in [3.63, 3.8) is 0 Å². The molecule has 1 aliphatic carbocycles. The first-order chi connectivity index (χ1) is 8.24. The fourth-order valence-corrected chi connectivity index (χ4v) is 2.92. The summed E-state index contributed by atoms with van der Waals surface area (Å²) in [6.07, 6.45) is 7.42. The van der Waals surface area contributed by atoms with E-state index < -0.39 is 0 Å². The normalized spacial score (nSPS) is 23.8. The lowest BCUT2D eigenvalue weighted by Gasteiger charge is -2.22. The highest BCUT2D eigenvalue weighted by Gasteiger charge is 2.19. The Labute approximate surface area is 104 Å². The molecule has 1 atom stereocenters. The van der Waals surface area contributed by atoms with E-state index in [2.05, 4.69) is 22.5 Å². The second-order valence-corrected chi connectivity index (χ2v) is 5.51. The van der Waals surface area contributed by atoms with Crippen LogP contribution in [0, 0.1) is 0 Å². The second kappa shape index (κ2) is 6.24. The predicted octanol–water partition coefficient (Wildman–Crippen LogP) is 1.71. The van der Waals surface area contributed by atoms with Crippen molar-refractivity contribution in [1.82, 2.24) is 15.5 Å². The minimum atomic E-state index is 0.0172. The molecule has 1 aliphatic heterocycles. The zero-order valence-electron chi connectivity index (χ0n) is 10.9. The fraction of sp³-hybridized carbons (Fsp3) is 0.923. The summed E-state index contributed by atoms with van der Waals surface area (Å²) in [6.45, 7) is 5.46. The van der Waals surface area contributed by atoms with Gasteiger partial charge in [-0.05, 0) is 45.7 Å². The van der Waals surface area contributed by atoms with Crippen LogP contribution in [0.25, 0.3) is 0 Å². The molecule has 1 saturated heterocycles. The molecule has 0 bridgehead atoms. The largest absolute Gasteiger partial charge is 0.335 e. The van der Waals surface area contributed by atoms with Crippen LogP contribution < -0.4 is 10.6 Å². The summed E-state index contributed by atoms with van der Waals surface area (Å²) >= 11 is 0. The third kappa shape index (κ3) is 4.19. The maximum Gasteiger partial charge on any atom is 0.315 e. The lowest BCUT2D eigenvalue weighted by atomic mass is 10.2. The van der Waals surface area contributed by atoms with Gasteiger partial charge in [0.1, 0.15) is 0 Å². The van der Waals surface area contributed by atoms with Crippen LogP contribution in [0.1, 0.15) is 45.4 Å². The zero-order chi connectivity index (χ0) is 12.1. The van der Waals surface area contributed by atoms with E-state index >= 15 is 0 Å². The van der Waals surface area contributed by atoms with Crippen LogP contribution in [0.5, 0.6) is 0 Å². The summed E-state index contributed by atoms with van der Waals surface area (Å²) in [5, 5.41) is 6.11. The number of urea groups is 1. The third-order valence-electron chi connectivity index (χ3n) is 3.80. The smallest absolute Gasteiger partial charge is 0.315 e. The number of hydrogen-bond donors (Lipinski definition) is 2. The van der Waals surface area contributed by atoms with E-state index in [1.54, 1.807) is 0 Å². The highest BCUT2D eigenvalue weighted by Crippen LogP contribution is 2.17. The molecule has 0 aromatic heterocycles. The van der Waals surface area contributed by atoms with Gasteiger partial charge in [0.2, 0.25) is 0 Å². The number of carbonyl (C=O) groups excluding carboxylic acids is 1. The van der Waals surface area contributed by atoms with Gasteiger partial charge in [-0.25, -0.2) is 4.79 Å². The molecular formula is C13H25N3O. The summed E-state index contributed by atoms with van der Waals surface area (Å²) in [5.74, 6) is 0. The molecule has 4 heteroatoms. The van der Waals surface area contributed by atoms with Crippen LogP contribution in [-0.4, -0.2) is 42.6 Å². The SMILES string of the molecule is CC(CN1CCCC1)NC(=O)NC1CCCC1. The Morgan fingerprint density at radius 1 is 1.24 bits per heavy atom. The quantitative estimate of drug-likeness (QED) is 0.784. The van der Waals surface area contributed by atoms with Gasteiger partial charge >= 0.3 is 6.03 Å². The van der Waals surface area contributed by atoms with Crippen LogP contribution in [0.2, 0.25) is 0 Å². The molecule has 17 heavy (non-hydrogen) atoms. The predicted molar refractivity (Wildman–Crippen MR) is 69.1 cm³/mol. The first-order valence-electron chi connectivity index (χ1n) is 7.03. The first kappa shape index (κ1) is 12.7. The van der Waals surface area contributed by atoms with Crippen molar-refractivity contribution in [1.29, 1.82) is 0 Å². The van der Waals surface area contributed by atoms with Gasteiger partial charge in [-0.1, -0.05) is 12.8 Å². The molecule has 2 N–H and O–H groups in total. The van der Waals surface area contributed by atoms with Crippen LogP contribution in [-0.2, 0) is 0 Å². The Balaban J connectivity index is 1.62. The Hall–Kier alpha value is -0.770. The van der Waals surface area contributed by atoms with E-state index in [1.807, 2.05) is 0 Å².